The summed E-state index contributed by atoms with van der Waals surface area (Å²) in [6, 6.07) is 18.3. The Morgan fingerprint density at radius 3 is 2.39 bits per heavy atom. The van der Waals surface area contributed by atoms with Crippen molar-refractivity contribution in [3.05, 3.63) is 70.6 Å². The number of hydrogen-bond acceptors (Lipinski definition) is 5. The van der Waals surface area contributed by atoms with Crippen molar-refractivity contribution >= 4 is 51.9 Å². The molecule has 4 rings (SSSR count). The van der Waals surface area contributed by atoms with Crippen LogP contribution in [-0.4, -0.2) is 58.7 Å². The second-order valence-electron chi connectivity index (χ2n) is 7.70. The van der Waals surface area contributed by atoms with Gasteiger partial charge in [0.05, 0.1) is 4.91 Å². The van der Waals surface area contributed by atoms with Crippen LogP contribution in [0.4, 0.5) is 5.69 Å². The number of thiocarbonyl (C=S) groups is 1. The van der Waals surface area contributed by atoms with Gasteiger partial charge in [-0.15, -0.1) is 0 Å². The second kappa shape index (κ2) is 9.66. The molecule has 0 aliphatic carbocycles. The van der Waals surface area contributed by atoms with E-state index < -0.39 is 0 Å². The van der Waals surface area contributed by atoms with Gasteiger partial charge in [-0.05, 0) is 30.7 Å². The molecule has 0 N–H and O–H groups in total. The van der Waals surface area contributed by atoms with Gasteiger partial charge in [0.25, 0.3) is 5.91 Å². The number of piperazine rings is 1. The van der Waals surface area contributed by atoms with Crippen LogP contribution < -0.4 is 4.90 Å². The Hall–Kier alpha value is -2.64. The number of carbonyl (C=O) groups is 2. The Morgan fingerprint density at radius 1 is 1.03 bits per heavy atom. The molecular formula is C24H25N3O2S2. The Bertz CT molecular complexity index is 997. The van der Waals surface area contributed by atoms with Gasteiger partial charge in [-0.1, -0.05) is 72.0 Å². The number of amides is 2. The van der Waals surface area contributed by atoms with Crippen molar-refractivity contribution in [3.8, 4) is 0 Å². The van der Waals surface area contributed by atoms with E-state index in [4.69, 9.17) is 12.2 Å². The first-order chi connectivity index (χ1) is 15.0. The maximum absolute atomic E-state index is 12.8. The smallest absolute Gasteiger partial charge is 0.266 e. The van der Waals surface area contributed by atoms with Crippen molar-refractivity contribution in [3.63, 3.8) is 0 Å². The molecule has 2 aliphatic rings. The lowest BCUT2D eigenvalue weighted by atomic mass is 10.1. The molecule has 0 unspecified atom stereocenters. The lowest BCUT2D eigenvalue weighted by molar-refractivity contribution is -0.132. The van der Waals surface area contributed by atoms with Gasteiger partial charge in [0.1, 0.15) is 4.32 Å². The molecule has 2 fully saturated rings. The number of rotatable bonds is 5. The highest BCUT2D eigenvalue weighted by Crippen LogP contribution is 2.32. The van der Waals surface area contributed by atoms with Crippen molar-refractivity contribution in [1.82, 2.24) is 9.80 Å². The second-order valence-corrected chi connectivity index (χ2v) is 9.37. The van der Waals surface area contributed by atoms with Crippen LogP contribution in [0.2, 0.25) is 0 Å². The molecule has 0 aromatic heterocycles. The predicted molar refractivity (Wildman–Crippen MR) is 131 cm³/mol. The van der Waals surface area contributed by atoms with E-state index in [1.807, 2.05) is 60.4 Å². The number of benzene rings is 2. The molecule has 7 heteroatoms. The van der Waals surface area contributed by atoms with Crippen molar-refractivity contribution in [1.29, 1.82) is 0 Å². The van der Waals surface area contributed by atoms with Gasteiger partial charge in [-0.3, -0.25) is 14.5 Å². The molecule has 2 amide bonds. The van der Waals surface area contributed by atoms with Gasteiger partial charge < -0.3 is 9.80 Å². The zero-order valence-electron chi connectivity index (χ0n) is 17.5. The SMILES string of the molecule is Cc1ccc(/C=C2\SC(=S)N(CCC(=O)N3CCN(c4ccccc4)CC3)C2=O)cc1. The Labute approximate surface area is 192 Å². The standard InChI is InChI=1S/C24H25N3O2S2/c1-18-7-9-19(10-8-18)17-21-23(29)27(24(30)31-21)12-11-22(28)26-15-13-25(14-16-26)20-5-3-2-4-6-20/h2-10,17H,11-16H2,1H3/b21-17-. The van der Waals surface area contributed by atoms with Crippen LogP contribution >= 0.6 is 24.0 Å². The van der Waals surface area contributed by atoms with Crippen LogP contribution in [0, 0.1) is 6.92 Å². The van der Waals surface area contributed by atoms with E-state index in [0.29, 0.717) is 28.9 Å². The van der Waals surface area contributed by atoms with E-state index in [1.165, 1.54) is 23.0 Å². The van der Waals surface area contributed by atoms with Gasteiger partial charge in [-0.2, -0.15) is 0 Å². The lowest BCUT2D eigenvalue weighted by Crippen LogP contribution is -2.49. The van der Waals surface area contributed by atoms with Gasteiger partial charge in [0.15, 0.2) is 0 Å². The molecule has 2 aromatic carbocycles. The molecule has 31 heavy (non-hydrogen) atoms. The number of anilines is 1. The van der Waals surface area contributed by atoms with E-state index in [2.05, 4.69) is 17.0 Å². The van der Waals surface area contributed by atoms with E-state index in [1.54, 1.807) is 4.90 Å². The molecule has 160 valence electrons. The van der Waals surface area contributed by atoms with Gasteiger partial charge >= 0.3 is 0 Å². The molecule has 2 aliphatic heterocycles. The van der Waals surface area contributed by atoms with E-state index in [-0.39, 0.29) is 18.2 Å². The molecule has 0 bridgehead atoms. The zero-order chi connectivity index (χ0) is 21.8. The molecule has 2 saturated heterocycles. The van der Waals surface area contributed by atoms with Gasteiger partial charge in [-0.25, -0.2) is 0 Å². The summed E-state index contributed by atoms with van der Waals surface area (Å²) in [7, 11) is 0. The molecule has 0 atom stereocenters. The average Bonchev–Trinajstić information content (AvgIpc) is 3.06. The quantitative estimate of drug-likeness (QED) is 0.509. The summed E-state index contributed by atoms with van der Waals surface area (Å²) in [6.45, 7) is 5.38. The fraction of sp³-hybridized carbons (Fsp3) is 0.292. The van der Waals surface area contributed by atoms with Crippen LogP contribution in [0.3, 0.4) is 0 Å². The van der Waals surface area contributed by atoms with Crippen molar-refractivity contribution in [2.75, 3.05) is 37.6 Å². The average molecular weight is 452 g/mol. The number of nitrogens with zero attached hydrogens (tertiary/aromatic N) is 3. The van der Waals surface area contributed by atoms with Crippen LogP contribution in [0.25, 0.3) is 6.08 Å². The van der Waals surface area contributed by atoms with Crippen LogP contribution in [0.15, 0.2) is 59.5 Å². The van der Waals surface area contributed by atoms with E-state index in [0.717, 1.165) is 18.7 Å². The summed E-state index contributed by atoms with van der Waals surface area (Å²) in [5, 5.41) is 0. The van der Waals surface area contributed by atoms with Crippen molar-refractivity contribution < 1.29 is 9.59 Å². The first-order valence-corrected chi connectivity index (χ1v) is 11.6. The number of thioether (sulfide) groups is 1. The third-order valence-corrected chi connectivity index (χ3v) is 6.93. The van der Waals surface area contributed by atoms with Gasteiger partial charge in [0.2, 0.25) is 5.91 Å². The Kier molecular flexibility index (Phi) is 6.73. The van der Waals surface area contributed by atoms with Crippen molar-refractivity contribution in [2.24, 2.45) is 0 Å². The zero-order valence-corrected chi connectivity index (χ0v) is 19.1. The summed E-state index contributed by atoms with van der Waals surface area (Å²) in [4.78, 5) is 31.9. The summed E-state index contributed by atoms with van der Waals surface area (Å²) in [6.07, 6.45) is 2.15. The first-order valence-electron chi connectivity index (χ1n) is 10.4. The highest BCUT2D eigenvalue weighted by atomic mass is 32.2. The van der Waals surface area contributed by atoms with Crippen LogP contribution in [0.5, 0.6) is 0 Å². The molecule has 0 spiro atoms. The fourth-order valence-electron chi connectivity index (χ4n) is 3.73. The van der Waals surface area contributed by atoms with E-state index in [9.17, 15) is 9.59 Å². The maximum Gasteiger partial charge on any atom is 0.266 e. The predicted octanol–water partition coefficient (Wildman–Crippen LogP) is 3.94. The Balaban J connectivity index is 1.30. The molecule has 5 nitrogen and oxygen atoms in total. The highest BCUT2D eigenvalue weighted by molar-refractivity contribution is 8.26. The third-order valence-electron chi connectivity index (χ3n) is 5.55. The Morgan fingerprint density at radius 2 is 1.71 bits per heavy atom. The normalized spacial score (nSPS) is 18.2. The summed E-state index contributed by atoms with van der Waals surface area (Å²) in [5.74, 6) is -0.0402. The van der Waals surface area contributed by atoms with Crippen LogP contribution in [-0.2, 0) is 9.59 Å². The number of hydrogen-bond donors (Lipinski definition) is 0. The van der Waals surface area contributed by atoms with E-state index >= 15 is 0 Å². The summed E-state index contributed by atoms with van der Waals surface area (Å²) < 4.78 is 0.519. The minimum atomic E-state index is -0.114. The molecule has 0 saturated carbocycles. The minimum absolute atomic E-state index is 0.0734. The van der Waals surface area contributed by atoms with Crippen molar-refractivity contribution in [2.45, 2.75) is 13.3 Å². The number of aryl methyl sites for hydroxylation is 1. The number of carbonyl (C=O) groups excluding carboxylic acids is 2. The summed E-state index contributed by atoms with van der Waals surface area (Å²) in [5.41, 5.74) is 3.33. The largest absolute Gasteiger partial charge is 0.368 e. The lowest BCUT2D eigenvalue weighted by Gasteiger charge is -2.36. The number of para-hydroxylation sites is 1. The topological polar surface area (TPSA) is 43.9 Å². The molecule has 2 aromatic rings. The highest BCUT2D eigenvalue weighted by Gasteiger charge is 2.32. The molecule has 0 radical (unpaired) electrons. The van der Waals surface area contributed by atoms with Gasteiger partial charge in [0, 0.05) is 44.8 Å². The molecular weight excluding hydrogens is 426 g/mol. The fourth-order valence-corrected chi connectivity index (χ4v) is 5.03. The molecule has 2 heterocycles. The first kappa shape index (κ1) is 21.6. The minimum Gasteiger partial charge on any atom is -0.368 e. The summed E-state index contributed by atoms with van der Waals surface area (Å²) >= 11 is 6.71. The maximum atomic E-state index is 12.8. The third kappa shape index (κ3) is 5.17. The van der Waals surface area contributed by atoms with Crippen LogP contribution in [0.1, 0.15) is 17.5 Å². The monoisotopic (exact) mass is 451 g/mol.